The van der Waals surface area contributed by atoms with Crippen LogP contribution in [-0.2, 0) is 10.9 Å². The van der Waals surface area contributed by atoms with Crippen LogP contribution in [0.4, 0.5) is 29.1 Å². The minimum atomic E-state index is -4.88. The van der Waals surface area contributed by atoms with Crippen LogP contribution in [0.5, 0.6) is 11.5 Å². The van der Waals surface area contributed by atoms with Crippen molar-refractivity contribution in [3.05, 3.63) is 47.0 Å². The van der Waals surface area contributed by atoms with Crippen LogP contribution >= 0.6 is 0 Å². The van der Waals surface area contributed by atoms with Crippen molar-refractivity contribution in [3.8, 4) is 11.5 Å². The number of aromatic nitrogens is 2. The lowest BCUT2D eigenvalue weighted by Crippen LogP contribution is -2.42. The number of morpholine rings is 1. The topological polar surface area (TPSA) is 94.8 Å². The number of benzene rings is 2. The molecule has 2 heterocycles. The summed E-state index contributed by atoms with van der Waals surface area (Å²) in [6.45, 7) is 5.65. The molecular formula is C25H29F4N5O3. The number of nitrogens with zero attached hydrogens (tertiary/aromatic N) is 3. The molecular weight excluding hydrogens is 494 g/mol. The number of anilines is 2. The van der Waals surface area contributed by atoms with Gasteiger partial charge in [0.25, 0.3) is 0 Å². The van der Waals surface area contributed by atoms with E-state index >= 15 is 0 Å². The van der Waals surface area contributed by atoms with Crippen LogP contribution < -0.4 is 20.5 Å². The van der Waals surface area contributed by atoms with Crippen LogP contribution in [0.25, 0.3) is 10.9 Å². The Kier molecular flexibility index (Phi) is 7.60. The standard InChI is InChI=1S/C25H29F4N5O3/c1-13(17-7-15(30)8-19(23(17)26)25(27,28)29)31-24-18-9-22(37-12-16-11-34(3)5-6-36-16)21(35-4)10-20(18)32-14(2)33-24/h7-10,13,16H,5-6,11-12,30H2,1-4H3,(H,31,32,33)/t13-,16-/m1/s1. The molecule has 0 radical (unpaired) electrons. The van der Waals surface area contributed by atoms with E-state index in [9.17, 15) is 17.6 Å². The summed E-state index contributed by atoms with van der Waals surface area (Å²) >= 11 is 0. The summed E-state index contributed by atoms with van der Waals surface area (Å²) in [6.07, 6.45) is -5.01. The minimum absolute atomic E-state index is 0.125. The Labute approximate surface area is 211 Å². The van der Waals surface area contributed by atoms with E-state index in [0.29, 0.717) is 53.3 Å². The molecule has 0 bridgehead atoms. The minimum Gasteiger partial charge on any atom is -0.493 e. The van der Waals surface area contributed by atoms with E-state index in [2.05, 4.69) is 20.2 Å². The highest BCUT2D eigenvalue weighted by Gasteiger charge is 2.36. The molecule has 0 spiro atoms. The molecule has 1 aromatic heterocycles. The van der Waals surface area contributed by atoms with Gasteiger partial charge in [-0.25, -0.2) is 14.4 Å². The summed E-state index contributed by atoms with van der Waals surface area (Å²) in [7, 11) is 3.51. The molecule has 1 aliphatic heterocycles. The molecule has 12 heteroatoms. The normalized spacial score (nSPS) is 17.6. The van der Waals surface area contributed by atoms with Crippen molar-refractivity contribution in [2.24, 2.45) is 0 Å². The van der Waals surface area contributed by atoms with Gasteiger partial charge < -0.3 is 30.2 Å². The van der Waals surface area contributed by atoms with Crippen molar-refractivity contribution in [3.63, 3.8) is 0 Å². The van der Waals surface area contributed by atoms with E-state index in [1.807, 2.05) is 7.05 Å². The van der Waals surface area contributed by atoms with Crippen molar-refractivity contribution in [1.82, 2.24) is 14.9 Å². The van der Waals surface area contributed by atoms with Gasteiger partial charge in [0.05, 0.1) is 30.8 Å². The van der Waals surface area contributed by atoms with Crippen molar-refractivity contribution in [2.45, 2.75) is 32.2 Å². The highest BCUT2D eigenvalue weighted by Crippen LogP contribution is 2.38. The Morgan fingerprint density at radius 3 is 2.65 bits per heavy atom. The zero-order valence-electron chi connectivity index (χ0n) is 20.9. The molecule has 2 atom stereocenters. The summed E-state index contributed by atoms with van der Waals surface area (Å²) in [6, 6.07) is 4.23. The van der Waals surface area contributed by atoms with E-state index in [1.165, 1.54) is 20.1 Å². The van der Waals surface area contributed by atoms with Gasteiger partial charge in [-0.2, -0.15) is 13.2 Å². The van der Waals surface area contributed by atoms with Gasteiger partial charge in [0.1, 0.15) is 30.2 Å². The molecule has 0 amide bonds. The summed E-state index contributed by atoms with van der Waals surface area (Å²) in [5, 5.41) is 3.55. The van der Waals surface area contributed by atoms with Gasteiger partial charge >= 0.3 is 6.18 Å². The van der Waals surface area contributed by atoms with Gasteiger partial charge in [-0.15, -0.1) is 0 Å². The third-order valence-electron chi connectivity index (χ3n) is 6.11. The monoisotopic (exact) mass is 523 g/mol. The first-order valence-electron chi connectivity index (χ1n) is 11.7. The number of rotatable bonds is 7. The fourth-order valence-corrected chi connectivity index (χ4v) is 4.26. The van der Waals surface area contributed by atoms with Crippen LogP contribution in [-0.4, -0.2) is 61.4 Å². The summed E-state index contributed by atoms with van der Waals surface area (Å²) in [5.41, 5.74) is 4.33. The first-order chi connectivity index (χ1) is 17.5. The molecule has 0 unspecified atom stereocenters. The van der Waals surface area contributed by atoms with Gasteiger partial charge in [-0.05, 0) is 39.1 Å². The second-order valence-electron chi connectivity index (χ2n) is 9.04. The van der Waals surface area contributed by atoms with Crippen molar-refractivity contribution < 1.29 is 31.8 Å². The maximum Gasteiger partial charge on any atom is 0.419 e. The smallest absolute Gasteiger partial charge is 0.419 e. The van der Waals surface area contributed by atoms with Crippen molar-refractivity contribution in [2.75, 3.05) is 51.5 Å². The SMILES string of the molecule is COc1cc2nc(C)nc(N[C@H](C)c3cc(N)cc(C(F)(F)F)c3F)c2cc1OC[C@H]1CN(C)CCO1. The van der Waals surface area contributed by atoms with Gasteiger partial charge in [-0.1, -0.05) is 0 Å². The molecule has 37 heavy (non-hydrogen) atoms. The summed E-state index contributed by atoms with van der Waals surface area (Å²) < 4.78 is 72.1. The number of fused-ring (bicyclic) bond motifs is 1. The Morgan fingerprint density at radius 2 is 1.97 bits per heavy atom. The van der Waals surface area contributed by atoms with Crippen LogP contribution in [0.1, 0.15) is 29.9 Å². The molecule has 4 rings (SSSR count). The van der Waals surface area contributed by atoms with E-state index in [-0.39, 0.29) is 24.0 Å². The number of hydrogen-bond acceptors (Lipinski definition) is 8. The van der Waals surface area contributed by atoms with E-state index < -0.39 is 23.6 Å². The molecule has 8 nitrogen and oxygen atoms in total. The summed E-state index contributed by atoms with van der Waals surface area (Å²) in [5.74, 6) is 0.182. The maximum absolute atomic E-state index is 14.9. The Bertz CT molecular complexity index is 1290. The van der Waals surface area contributed by atoms with Gasteiger partial charge in [-0.3, -0.25) is 0 Å². The fraction of sp³-hybridized carbons (Fsp3) is 0.440. The maximum atomic E-state index is 14.9. The average Bonchev–Trinajstić information content (AvgIpc) is 2.82. The molecule has 1 fully saturated rings. The van der Waals surface area contributed by atoms with Crippen LogP contribution in [0.15, 0.2) is 24.3 Å². The number of alkyl halides is 3. The molecule has 0 aliphatic carbocycles. The lowest BCUT2D eigenvalue weighted by molar-refractivity contribution is -0.140. The predicted molar refractivity (Wildman–Crippen MR) is 131 cm³/mol. The zero-order valence-corrected chi connectivity index (χ0v) is 20.9. The first-order valence-corrected chi connectivity index (χ1v) is 11.7. The number of methoxy groups -OCH3 is 1. The third kappa shape index (κ3) is 5.96. The largest absolute Gasteiger partial charge is 0.493 e. The molecule has 0 saturated carbocycles. The predicted octanol–water partition coefficient (Wildman–Crippen LogP) is 4.57. The highest BCUT2D eigenvalue weighted by molar-refractivity contribution is 5.92. The van der Waals surface area contributed by atoms with E-state index in [1.54, 1.807) is 19.1 Å². The van der Waals surface area contributed by atoms with Crippen molar-refractivity contribution >= 4 is 22.4 Å². The quantitative estimate of drug-likeness (QED) is 0.344. The molecule has 200 valence electrons. The molecule has 3 N–H and O–H groups in total. The zero-order chi connectivity index (χ0) is 26.9. The Morgan fingerprint density at radius 1 is 1.22 bits per heavy atom. The van der Waals surface area contributed by atoms with Crippen molar-refractivity contribution in [1.29, 1.82) is 0 Å². The average molecular weight is 524 g/mol. The fourth-order valence-electron chi connectivity index (χ4n) is 4.26. The number of ether oxygens (including phenoxy) is 3. The molecule has 2 aromatic carbocycles. The number of hydrogen-bond donors (Lipinski definition) is 2. The lowest BCUT2D eigenvalue weighted by Gasteiger charge is -2.30. The number of nitrogen functional groups attached to an aromatic ring is 1. The second kappa shape index (κ2) is 10.5. The van der Waals surface area contributed by atoms with E-state index in [0.717, 1.165) is 6.54 Å². The van der Waals surface area contributed by atoms with Gasteiger partial charge in [0.2, 0.25) is 0 Å². The Balaban J connectivity index is 1.68. The highest BCUT2D eigenvalue weighted by atomic mass is 19.4. The first kappa shape index (κ1) is 26.7. The van der Waals surface area contributed by atoms with Crippen LogP contribution in [0.3, 0.4) is 0 Å². The van der Waals surface area contributed by atoms with Crippen LogP contribution in [0.2, 0.25) is 0 Å². The molecule has 1 aliphatic rings. The number of nitrogens with one attached hydrogen (secondary N) is 1. The van der Waals surface area contributed by atoms with Crippen LogP contribution in [0, 0.1) is 12.7 Å². The number of likely N-dealkylation sites (N-methyl/N-ethyl adjacent to an activating group) is 1. The molecule has 3 aromatic rings. The number of halogens is 4. The van der Waals surface area contributed by atoms with E-state index in [4.69, 9.17) is 19.9 Å². The number of nitrogens with two attached hydrogens (primary N) is 1. The second-order valence-corrected chi connectivity index (χ2v) is 9.04. The van der Waals surface area contributed by atoms with Gasteiger partial charge in [0.15, 0.2) is 11.5 Å². The van der Waals surface area contributed by atoms with Gasteiger partial charge in [0, 0.05) is 35.8 Å². The Hall–Kier alpha value is -3.38. The third-order valence-corrected chi connectivity index (χ3v) is 6.11. The molecule has 1 saturated heterocycles. The lowest BCUT2D eigenvalue weighted by atomic mass is 10.0. The number of aryl methyl sites for hydroxylation is 1. The summed E-state index contributed by atoms with van der Waals surface area (Å²) in [4.78, 5) is 11.0.